The Morgan fingerprint density at radius 3 is 2.52 bits per heavy atom. The molecular weight excluding hydrogens is 530 g/mol. The summed E-state index contributed by atoms with van der Waals surface area (Å²) in [5.74, 6) is 2.48. The third kappa shape index (κ3) is 4.60. The summed E-state index contributed by atoms with van der Waals surface area (Å²) in [5, 5.41) is 7.65. The third-order valence-electron chi connectivity index (χ3n) is 7.72. The van der Waals surface area contributed by atoms with Crippen LogP contribution in [0.4, 0.5) is 0 Å². The predicted octanol–water partition coefficient (Wildman–Crippen LogP) is 6.45. The van der Waals surface area contributed by atoms with Crippen LogP contribution in [0.2, 0.25) is 0 Å². The molecule has 0 saturated heterocycles. The van der Waals surface area contributed by atoms with Crippen molar-refractivity contribution in [2.24, 2.45) is 0 Å². The molecule has 1 atom stereocenters. The largest absolute Gasteiger partial charge is 0.493 e. The molecule has 1 aromatic heterocycles. The molecule has 0 fully saturated rings. The van der Waals surface area contributed by atoms with Crippen LogP contribution < -0.4 is 18.9 Å². The van der Waals surface area contributed by atoms with Gasteiger partial charge in [0.15, 0.2) is 23.0 Å². The summed E-state index contributed by atoms with van der Waals surface area (Å²) in [4.78, 5) is 15.8. The number of aromatic nitrogens is 2. The second kappa shape index (κ2) is 10.6. The predicted molar refractivity (Wildman–Crippen MR) is 157 cm³/mol. The number of nitrogens with zero attached hydrogens (tertiary/aromatic N) is 2. The van der Waals surface area contributed by atoms with Crippen LogP contribution in [-0.4, -0.2) is 34.9 Å². The Bertz CT molecular complexity index is 1760. The third-order valence-corrected chi connectivity index (χ3v) is 7.72. The molecular formula is C34H29N3O5. The van der Waals surface area contributed by atoms with Crippen molar-refractivity contribution in [1.29, 1.82) is 0 Å². The van der Waals surface area contributed by atoms with E-state index in [2.05, 4.69) is 22.3 Å². The van der Waals surface area contributed by atoms with Gasteiger partial charge in [-0.1, -0.05) is 72.3 Å². The number of methoxy groups -OCH3 is 1. The number of aromatic amines is 1. The maximum absolute atomic E-state index is 13.9. The summed E-state index contributed by atoms with van der Waals surface area (Å²) < 4.78 is 23.0. The molecule has 2 aliphatic rings. The lowest BCUT2D eigenvalue weighted by Crippen LogP contribution is -2.29. The average Bonchev–Trinajstić information content (AvgIpc) is 3.73. The average molecular weight is 560 g/mol. The van der Waals surface area contributed by atoms with Crippen molar-refractivity contribution in [3.63, 3.8) is 0 Å². The first-order chi connectivity index (χ1) is 20.6. The van der Waals surface area contributed by atoms with E-state index in [4.69, 9.17) is 18.9 Å². The van der Waals surface area contributed by atoms with Gasteiger partial charge in [-0.3, -0.25) is 9.89 Å². The van der Waals surface area contributed by atoms with Crippen molar-refractivity contribution < 1.29 is 23.7 Å². The number of hydrogen-bond donors (Lipinski definition) is 1. The first-order valence-corrected chi connectivity index (χ1v) is 13.8. The minimum absolute atomic E-state index is 0.123. The van der Waals surface area contributed by atoms with E-state index in [1.165, 1.54) is 0 Å². The van der Waals surface area contributed by atoms with Gasteiger partial charge >= 0.3 is 0 Å². The van der Waals surface area contributed by atoms with E-state index in [-0.39, 0.29) is 12.7 Å². The van der Waals surface area contributed by atoms with Gasteiger partial charge < -0.3 is 23.8 Å². The molecule has 0 aliphatic carbocycles. The Morgan fingerprint density at radius 1 is 0.905 bits per heavy atom. The molecule has 1 amide bonds. The highest BCUT2D eigenvalue weighted by atomic mass is 16.7. The SMILES string of the molecule is COc1cc(C2c3c(-c4ccc(C)cc4)n[nH]c3C(=O)N2Cc2ccc3c(c2)OCO3)ccc1OCc1ccccc1. The monoisotopic (exact) mass is 559 g/mol. The van der Waals surface area contributed by atoms with Gasteiger partial charge in [-0.2, -0.15) is 5.10 Å². The molecule has 0 radical (unpaired) electrons. The number of carbonyl (C=O) groups excluding carboxylic acids is 1. The Labute approximate surface area is 243 Å². The number of amides is 1. The number of rotatable bonds is 8. The van der Waals surface area contributed by atoms with Crippen LogP contribution in [0.15, 0.2) is 91.0 Å². The number of carbonyl (C=O) groups is 1. The Balaban J connectivity index is 1.28. The van der Waals surface area contributed by atoms with E-state index in [0.717, 1.165) is 39.1 Å². The summed E-state index contributed by atoms with van der Waals surface area (Å²) in [6.07, 6.45) is 0. The lowest BCUT2D eigenvalue weighted by Gasteiger charge is -2.27. The van der Waals surface area contributed by atoms with Crippen molar-refractivity contribution in [1.82, 2.24) is 15.1 Å². The van der Waals surface area contributed by atoms with Crippen LogP contribution in [0.1, 0.15) is 44.3 Å². The van der Waals surface area contributed by atoms with E-state index >= 15 is 0 Å². The summed E-state index contributed by atoms with van der Waals surface area (Å²) in [6, 6.07) is 29.4. The molecule has 1 N–H and O–H groups in total. The molecule has 8 nitrogen and oxygen atoms in total. The fraction of sp³-hybridized carbons (Fsp3) is 0.176. The van der Waals surface area contributed by atoms with E-state index < -0.39 is 6.04 Å². The Kier molecular flexibility index (Phi) is 6.51. The molecule has 8 heteroatoms. The molecule has 0 bridgehead atoms. The maximum Gasteiger partial charge on any atom is 0.273 e. The first-order valence-electron chi connectivity index (χ1n) is 13.8. The van der Waals surface area contributed by atoms with Crippen LogP contribution in [-0.2, 0) is 13.2 Å². The zero-order valence-electron chi connectivity index (χ0n) is 23.3. The fourth-order valence-electron chi connectivity index (χ4n) is 5.58. The van der Waals surface area contributed by atoms with Crippen molar-refractivity contribution in [2.45, 2.75) is 26.1 Å². The molecule has 2 aliphatic heterocycles. The molecule has 42 heavy (non-hydrogen) atoms. The number of fused-ring (bicyclic) bond motifs is 2. The molecule has 7 rings (SSSR count). The van der Waals surface area contributed by atoms with Crippen LogP contribution in [0, 0.1) is 6.92 Å². The number of aryl methyl sites for hydroxylation is 1. The number of H-pyrrole nitrogens is 1. The molecule has 0 spiro atoms. The van der Waals surface area contributed by atoms with Gasteiger partial charge in [-0.15, -0.1) is 0 Å². The quantitative estimate of drug-likeness (QED) is 0.235. The second-order valence-electron chi connectivity index (χ2n) is 10.4. The van der Waals surface area contributed by atoms with Crippen LogP contribution in [0.25, 0.3) is 11.3 Å². The van der Waals surface area contributed by atoms with E-state index in [0.29, 0.717) is 41.8 Å². The standard InChI is InChI=1S/C34H29N3O5/c1-21-8-11-24(12-9-21)31-30-32(36-35-31)34(38)37(18-23-10-14-27-29(16-23)42-20-41-27)33(30)25-13-15-26(28(17-25)39-2)40-19-22-6-4-3-5-7-22/h3-17,33H,18-20H2,1-2H3,(H,35,36). The number of hydrogen-bond acceptors (Lipinski definition) is 6. The lowest BCUT2D eigenvalue weighted by molar-refractivity contribution is 0.0729. The fourth-order valence-corrected chi connectivity index (χ4v) is 5.58. The molecule has 0 saturated carbocycles. The van der Waals surface area contributed by atoms with Gasteiger partial charge in [0.2, 0.25) is 6.79 Å². The number of ether oxygens (including phenoxy) is 4. The summed E-state index contributed by atoms with van der Waals surface area (Å²) >= 11 is 0. The lowest BCUT2D eigenvalue weighted by atomic mass is 9.95. The highest BCUT2D eigenvalue weighted by Gasteiger charge is 2.42. The van der Waals surface area contributed by atoms with Crippen LogP contribution >= 0.6 is 0 Å². The highest BCUT2D eigenvalue weighted by molar-refractivity contribution is 6.00. The second-order valence-corrected chi connectivity index (χ2v) is 10.4. The number of benzene rings is 4. The topological polar surface area (TPSA) is 85.9 Å². The first kappa shape index (κ1) is 25.7. The zero-order chi connectivity index (χ0) is 28.6. The number of nitrogens with one attached hydrogen (secondary N) is 1. The molecule has 4 aromatic carbocycles. The van der Waals surface area contributed by atoms with Crippen molar-refractivity contribution in [3.05, 3.63) is 125 Å². The van der Waals surface area contributed by atoms with Crippen molar-refractivity contribution in [3.8, 4) is 34.3 Å². The van der Waals surface area contributed by atoms with Gasteiger partial charge in [0.05, 0.1) is 18.8 Å². The summed E-state index contributed by atoms with van der Waals surface area (Å²) in [7, 11) is 1.62. The van der Waals surface area contributed by atoms with Crippen molar-refractivity contribution in [2.75, 3.05) is 13.9 Å². The smallest absolute Gasteiger partial charge is 0.273 e. The van der Waals surface area contributed by atoms with E-state index in [1.54, 1.807) is 7.11 Å². The van der Waals surface area contributed by atoms with Gasteiger partial charge in [0.1, 0.15) is 12.3 Å². The molecule has 5 aromatic rings. The molecule has 1 unspecified atom stereocenters. The van der Waals surface area contributed by atoms with Gasteiger partial charge in [0, 0.05) is 17.7 Å². The minimum atomic E-state index is -0.412. The van der Waals surface area contributed by atoms with E-state index in [1.807, 2.05) is 90.7 Å². The van der Waals surface area contributed by atoms with Gasteiger partial charge in [-0.25, -0.2) is 0 Å². The molecule has 210 valence electrons. The highest BCUT2D eigenvalue weighted by Crippen LogP contribution is 2.46. The molecule has 3 heterocycles. The van der Waals surface area contributed by atoms with E-state index in [9.17, 15) is 4.79 Å². The summed E-state index contributed by atoms with van der Waals surface area (Å²) in [5.41, 5.74) is 7.05. The van der Waals surface area contributed by atoms with Gasteiger partial charge in [-0.05, 0) is 47.9 Å². The minimum Gasteiger partial charge on any atom is -0.493 e. The summed E-state index contributed by atoms with van der Waals surface area (Å²) in [6.45, 7) is 3.02. The maximum atomic E-state index is 13.9. The Morgan fingerprint density at radius 2 is 1.71 bits per heavy atom. The zero-order valence-corrected chi connectivity index (χ0v) is 23.3. The normalized spacial score (nSPS) is 15.1. The van der Waals surface area contributed by atoms with Crippen LogP contribution in [0.5, 0.6) is 23.0 Å². The van der Waals surface area contributed by atoms with Crippen LogP contribution in [0.3, 0.4) is 0 Å². The van der Waals surface area contributed by atoms with Gasteiger partial charge in [0.25, 0.3) is 5.91 Å². The Hall–Kier alpha value is -5.24. The van der Waals surface area contributed by atoms with Crippen molar-refractivity contribution >= 4 is 5.91 Å².